The Balaban J connectivity index is 3.25. The number of nitrogens with two attached hydrogens (primary N) is 1. The second-order valence-corrected chi connectivity index (χ2v) is 4.71. The van der Waals surface area contributed by atoms with Crippen LogP contribution in [0.2, 0.25) is 0 Å². The van der Waals surface area contributed by atoms with E-state index >= 15 is 0 Å². The van der Waals surface area contributed by atoms with Gasteiger partial charge in [-0.1, -0.05) is 40.5 Å². The Hall–Kier alpha value is -0.0400. The third kappa shape index (κ3) is 8.06. The summed E-state index contributed by atoms with van der Waals surface area (Å²) in [4.78, 5) is 0. The molecule has 0 aromatic carbocycles. The van der Waals surface area contributed by atoms with Gasteiger partial charge in [0.05, 0.1) is 0 Å². The lowest BCUT2D eigenvalue weighted by Crippen LogP contribution is -2.21. The molecule has 1 heteroatoms. The minimum Gasteiger partial charge on any atom is -0.328 e. The van der Waals surface area contributed by atoms with E-state index in [1.165, 1.54) is 25.7 Å². The van der Waals surface area contributed by atoms with Gasteiger partial charge in [-0.2, -0.15) is 0 Å². The third-order valence-electron chi connectivity index (χ3n) is 2.13. The van der Waals surface area contributed by atoms with Crippen molar-refractivity contribution in [3.8, 4) is 0 Å². The van der Waals surface area contributed by atoms with Gasteiger partial charge in [0, 0.05) is 6.04 Å². The van der Waals surface area contributed by atoms with E-state index in [4.69, 9.17) is 5.73 Å². The van der Waals surface area contributed by atoms with E-state index in [0.717, 1.165) is 11.8 Å². The molecule has 2 N–H and O–H groups in total. The minimum absolute atomic E-state index is 0.434. The van der Waals surface area contributed by atoms with Crippen molar-refractivity contribution in [2.45, 2.75) is 59.4 Å². The molecule has 0 spiro atoms. The monoisotopic (exact) mass is 171 g/mol. The van der Waals surface area contributed by atoms with Gasteiger partial charge in [0.15, 0.2) is 0 Å². The Morgan fingerprint density at radius 3 is 1.92 bits per heavy atom. The highest BCUT2D eigenvalue weighted by atomic mass is 14.6. The van der Waals surface area contributed by atoms with Crippen LogP contribution in [0.1, 0.15) is 53.4 Å². The van der Waals surface area contributed by atoms with E-state index in [0.29, 0.717) is 6.04 Å². The van der Waals surface area contributed by atoms with Crippen molar-refractivity contribution in [1.29, 1.82) is 0 Å². The second-order valence-electron chi connectivity index (χ2n) is 4.71. The number of rotatable bonds is 6. The number of hydrogen-bond acceptors (Lipinski definition) is 1. The molecule has 0 heterocycles. The molecule has 0 amide bonds. The Morgan fingerprint density at radius 1 is 0.917 bits per heavy atom. The first-order valence-electron chi connectivity index (χ1n) is 5.28. The molecule has 74 valence electrons. The minimum atomic E-state index is 0.434. The zero-order chi connectivity index (χ0) is 9.56. The predicted molar refractivity (Wildman–Crippen MR) is 56.1 cm³/mol. The first-order chi connectivity index (χ1) is 5.52. The fraction of sp³-hybridized carbons (Fsp3) is 1.00. The first-order valence-corrected chi connectivity index (χ1v) is 5.28. The van der Waals surface area contributed by atoms with Crippen molar-refractivity contribution in [2.75, 3.05) is 0 Å². The van der Waals surface area contributed by atoms with E-state index in [2.05, 4.69) is 27.7 Å². The molecule has 0 aromatic heterocycles. The van der Waals surface area contributed by atoms with Gasteiger partial charge in [-0.15, -0.1) is 0 Å². The van der Waals surface area contributed by atoms with Gasteiger partial charge in [-0.3, -0.25) is 0 Å². The topological polar surface area (TPSA) is 26.0 Å². The molecule has 0 aliphatic rings. The maximum absolute atomic E-state index is 5.96. The molecule has 0 aliphatic heterocycles. The molecule has 0 saturated carbocycles. The van der Waals surface area contributed by atoms with Crippen molar-refractivity contribution in [3.05, 3.63) is 0 Å². The van der Waals surface area contributed by atoms with Crippen LogP contribution in [0.5, 0.6) is 0 Å². The van der Waals surface area contributed by atoms with Crippen LogP contribution >= 0.6 is 0 Å². The molecule has 1 unspecified atom stereocenters. The van der Waals surface area contributed by atoms with Crippen LogP contribution in [0.25, 0.3) is 0 Å². The van der Waals surface area contributed by atoms with Crippen molar-refractivity contribution < 1.29 is 0 Å². The summed E-state index contributed by atoms with van der Waals surface area (Å²) in [7, 11) is 0. The summed E-state index contributed by atoms with van der Waals surface area (Å²) in [5.74, 6) is 1.58. The van der Waals surface area contributed by atoms with Crippen LogP contribution in [-0.2, 0) is 0 Å². The van der Waals surface area contributed by atoms with Gasteiger partial charge >= 0.3 is 0 Å². The standard InChI is InChI=1S/C11H25N/c1-9(2)6-5-7-11(12)8-10(3)4/h9-11H,5-8,12H2,1-4H3. The summed E-state index contributed by atoms with van der Waals surface area (Å²) in [6, 6.07) is 0.434. The smallest absolute Gasteiger partial charge is 0.00412 e. The van der Waals surface area contributed by atoms with Crippen molar-refractivity contribution in [1.82, 2.24) is 0 Å². The summed E-state index contributed by atoms with van der Waals surface area (Å²) < 4.78 is 0. The SMILES string of the molecule is CC(C)CCCC(N)CC(C)C. The van der Waals surface area contributed by atoms with Gasteiger partial charge in [0.1, 0.15) is 0 Å². The van der Waals surface area contributed by atoms with Crippen molar-refractivity contribution in [2.24, 2.45) is 17.6 Å². The van der Waals surface area contributed by atoms with Crippen molar-refractivity contribution in [3.63, 3.8) is 0 Å². The van der Waals surface area contributed by atoms with E-state index in [9.17, 15) is 0 Å². The summed E-state index contributed by atoms with van der Waals surface area (Å²) in [5.41, 5.74) is 5.96. The molecule has 0 radical (unpaired) electrons. The molecular formula is C11H25N. The molecule has 0 fully saturated rings. The molecule has 0 bridgehead atoms. The highest BCUT2D eigenvalue weighted by molar-refractivity contribution is 4.63. The summed E-state index contributed by atoms with van der Waals surface area (Å²) in [6.07, 6.45) is 5.01. The fourth-order valence-electron chi connectivity index (χ4n) is 1.51. The average molecular weight is 171 g/mol. The van der Waals surface area contributed by atoms with Crippen LogP contribution in [0, 0.1) is 11.8 Å². The summed E-state index contributed by atoms with van der Waals surface area (Å²) >= 11 is 0. The van der Waals surface area contributed by atoms with Crippen LogP contribution in [-0.4, -0.2) is 6.04 Å². The van der Waals surface area contributed by atoms with Gasteiger partial charge in [-0.25, -0.2) is 0 Å². The van der Waals surface area contributed by atoms with Crippen LogP contribution < -0.4 is 5.73 Å². The van der Waals surface area contributed by atoms with Gasteiger partial charge in [-0.05, 0) is 24.7 Å². The Morgan fingerprint density at radius 2 is 1.50 bits per heavy atom. The average Bonchev–Trinajstić information content (AvgIpc) is 1.84. The lowest BCUT2D eigenvalue weighted by molar-refractivity contribution is 0.438. The largest absolute Gasteiger partial charge is 0.328 e. The second kappa shape index (κ2) is 6.47. The number of hydrogen-bond donors (Lipinski definition) is 1. The quantitative estimate of drug-likeness (QED) is 0.652. The summed E-state index contributed by atoms with van der Waals surface area (Å²) in [5, 5.41) is 0. The van der Waals surface area contributed by atoms with E-state index in [1.807, 2.05) is 0 Å². The van der Waals surface area contributed by atoms with Crippen LogP contribution in [0.4, 0.5) is 0 Å². The molecule has 12 heavy (non-hydrogen) atoms. The lowest BCUT2D eigenvalue weighted by atomic mass is 9.97. The van der Waals surface area contributed by atoms with E-state index in [-0.39, 0.29) is 0 Å². The van der Waals surface area contributed by atoms with Gasteiger partial charge < -0.3 is 5.73 Å². The zero-order valence-electron chi connectivity index (χ0n) is 9.14. The maximum atomic E-state index is 5.96. The molecule has 0 saturated heterocycles. The Labute approximate surface area is 77.7 Å². The summed E-state index contributed by atoms with van der Waals surface area (Å²) in [6.45, 7) is 9.02. The lowest BCUT2D eigenvalue weighted by Gasteiger charge is -2.14. The van der Waals surface area contributed by atoms with Crippen LogP contribution in [0.15, 0.2) is 0 Å². The molecule has 0 aromatic rings. The molecule has 1 nitrogen and oxygen atoms in total. The predicted octanol–water partition coefficient (Wildman–Crippen LogP) is 3.19. The first kappa shape index (κ1) is 12.0. The maximum Gasteiger partial charge on any atom is 0.00412 e. The Kier molecular flexibility index (Phi) is 6.45. The van der Waals surface area contributed by atoms with Gasteiger partial charge in [0.25, 0.3) is 0 Å². The Bertz CT molecular complexity index is 97.2. The van der Waals surface area contributed by atoms with Crippen molar-refractivity contribution >= 4 is 0 Å². The third-order valence-corrected chi connectivity index (χ3v) is 2.13. The van der Waals surface area contributed by atoms with E-state index < -0.39 is 0 Å². The highest BCUT2D eigenvalue weighted by Crippen LogP contribution is 2.11. The molecular weight excluding hydrogens is 146 g/mol. The molecule has 0 aliphatic carbocycles. The van der Waals surface area contributed by atoms with Gasteiger partial charge in [0.2, 0.25) is 0 Å². The molecule has 0 rings (SSSR count). The zero-order valence-corrected chi connectivity index (χ0v) is 9.14. The fourth-order valence-corrected chi connectivity index (χ4v) is 1.51. The molecule has 1 atom stereocenters. The normalized spacial score (nSPS) is 14.2. The van der Waals surface area contributed by atoms with E-state index in [1.54, 1.807) is 0 Å². The van der Waals surface area contributed by atoms with Crippen LogP contribution in [0.3, 0.4) is 0 Å². The highest BCUT2D eigenvalue weighted by Gasteiger charge is 2.05.